The Balaban J connectivity index is 3.27. The van der Waals surface area contributed by atoms with Gasteiger partial charge in [-0.1, -0.05) is 0 Å². The van der Waals surface area contributed by atoms with Crippen LogP contribution in [0.25, 0.3) is 0 Å². The molecule has 0 amide bonds. The van der Waals surface area contributed by atoms with Crippen LogP contribution in [-0.4, -0.2) is 10.1 Å². The van der Waals surface area contributed by atoms with Crippen molar-refractivity contribution < 1.29 is 13.9 Å². The van der Waals surface area contributed by atoms with Crippen molar-refractivity contribution in [3.05, 3.63) is 19.0 Å². The van der Waals surface area contributed by atoms with Gasteiger partial charge >= 0.3 is 0 Å². The van der Waals surface area contributed by atoms with E-state index in [1.165, 1.54) is 0 Å². The summed E-state index contributed by atoms with van der Waals surface area (Å²) in [5, 5.41) is 9.09. The molecule has 0 aliphatic heterocycles. The standard InChI is InChI=1S/C6H3F2I2NO/c7-6(8)5-4(10)3(9)2(12)1-11-5/h1,6,12H. The van der Waals surface area contributed by atoms with Crippen LogP contribution in [0.4, 0.5) is 8.78 Å². The Morgan fingerprint density at radius 2 is 1.92 bits per heavy atom. The molecular weight excluding hydrogens is 394 g/mol. The Kier molecular flexibility index (Phi) is 3.44. The van der Waals surface area contributed by atoms with E-state index in [1.54, 1.807) is 45.2 Å². The number of rotatable bonds is 1. The van der Waals surface area contributed by atoms with Gasteiger partial charge in [0.05, 0.1) is 13.3 Å². The molecule has 66 valence electrons. The van der Waals surface area contributed by atoms with E-state index in [9.17, 15) is 8.78 Å². The fourth-order valence-electron chi connectivity index (χ4n) is 0.621. The van der Waals surface area contributed by atoms with E-state index >= 15 is 0 Å². The number of alkyl halides is 2. The first-order valence-electron chi connectivity index (χ1n) is 2.85. The van der Waals surface area contributed by atoms with Gasteiger partial charge in [-0.2, -0.15) is 0 Å². The molecule has 0 unspecified atom stereocenters. The van der Waals surface area contributed by atoms with Gasteiger partial charge in [0.25, 0.3) is 6.43 Å². The topological polar surface area (TPSA) is 33.1 Å². The zero-order valence-electron chi connectivity index (χ0n) is 5.56. The lowest BCUT2D eigenvalue weighted by Gasteiger charge is -2.04. The minimum atomic E-state index is -2.59. The summed E-state index contributed by atoms with van der Waals surface area (Å²) in [5.74, 6) is -0.0654. The van der Waals surface area contributed by atoms with Crippen LogP contribution in [0, 0.1) is 7.14 Å². The van der Waals surface area contributed by atoms with Crippen LogP contribution in [0.1, 0.15) is 12.1 Å². The van der Waals surface area contributed by atoms with Crippen molar-refractivity contribution >= 4 is 45.2 Å². The highest BCUT2D eigenvalue weighted by Crippen LogP contribution is 2.30. The number of aromatic hydroxyl groups is 1. The third kappa shape index (κ3) is 1.95. The third-order valence-corrected chi connectivity index (χ3v) is 4.39. The molecule has 2 nitrogen and oxygen atoms in total. The number of pyridine rings is 1. The van der Waals surface area contributed by atoms with Crippen molar-refractivity contribution in [2.24, 2.45) is 0 Å². The molecule has 1 aromatic rings. The molecule has 12 heavy (non-hydrogen) atoms. The molecule has 1 aromatic heterocycles. The van der Waals surface area contributed by atoms with Crippen molar-refractivity contribution in [2.45, 2.75) is 6.43 Å². The van der Waals surface area contributed by atoms with E-state index in [0.717, 1.165) is 6.20 Å². The van der Waals surface area contributed by atoms with Crippen LogP contribution in [-0.2, 0) is 0 Å². The lowest BCUT2D eigenvalue weighted by molar-refractivity contribution is 0.144. The highest BCUT2D eigenvalue weighted by atomic mass is 127. The fraction of sp³-hybridized carbons (Fsp3) is 0.167. The largest absolute Gasteiger partial charge is 0.505 e. The summed E-state index contributed by atoms with van der Waals surface area (Å²) >= 11 is 3.53. The van der Waals surface area contributed by atoms with E-state index in [4.69, 9.17) is 5.11 Å². The molecule has 0 saturated heterocycles. The Morgan fingerprint density at radius 1 is 1.33 bits per heavy atom. The average molecular weight is 397 g/mol. The van der Waals surface area contributed by atoms with Crippen molar-refractivity contribution in [2.75, 3.05) is 0 Å². The molecule has 0 saturated carbocycles. The number of hydrogen-bond donors (Lipinski definition) is 1. The molecule has 0 aliphatic rings. The Labute approximate surface area is 94.7 Å². The highest BCUT2D eigenvalue weighted by molar-refractivity contribution is 14.1. The monoisotopic (exact) mass is 397 g/mol. The van der Waals surface area contributed by atoms with Gasteiger partial charge in [-0.3, -0.25) is 4.98 Å². The minimum absolute atomic E-state index is 0.0654. The van der Waals surface area contributed by atoms with E-state index in [1.807, 2.05) is 0 Å². The van der Waals surface area contributed by atoms with Crippen molar-refractivity contribution in [1.29, 1.82) is 0 Å². The van der Waals surface area contributed by atoms with Gasteiger partial charge in [0.15, 0.2) is 0 Å². The first kappa shape index (κ1) is 10.4. The van der Waals surface area contributed by atoms with Crippen molar-refractivity contribution in [1.82, 2.24) is 4.98 Å². The number of nitrogens with zero attached hydrogens (tertiary/aromatic N) is 1. The van der Waals surface area contributed by atoms with Crippen LogP contribution in [0.5, 0.6) is 5.75 Å². The summed E-state index contributed by atoms with van der Waals surface area (Å²) in [4.78, 5) is 3.43. The molecule has 0 aliphatic carbocycles. The maximum atomic E-state index is 12.2. The van der Waals surface area contributed by atoms with E-state index in [0.29, 0.717) is 7.14 Å². The van der Waals surface area contributed by atoms with Gasteiger partial charge in [-0.15, -0.1) is 0 Å². The van der Waals surface area contributed by atoms with Crippen LogP contribution < -0.4 is 0 Å². The summed E-state index contributed by atoms with van der Waals surface area (Å²) in [6, 6.07) is 0. The Hall–Kier alpha value is 0.270. The minimum Gasteiger partial charge on any atom is -0.505 e. The SMILES string of the molecule is Oc1cnc(C(F)F)c(I)c1I. The molecule has 6 heteroatoms. The second kappa shape index (κ2) is 3.99. The van der Waals surface area contributed by atoms with Gasteiger partial charge in [0, 0.05) is 0 Å². The van der Waals surface area contributed by atoms with Gasteiger partial charge in [0.2, 0.25) is 0 Å². The van der Waals surface area contributed by atoms with Crippen molar-refractivity contribution in [3.8, 4) is 5.75 Å². The molecule has 0 radical (unpaired) electrons. The van der Waals surface area contributed by atoms with E-state index in [2.05, 4.69) is 4.98 Å². The van der Waals surface area contributed by atoms with Gasteiger partial charge in [-0.05, 0) is 45.2 Å². The predicted octanol–water partition coefficient (Wildman–Crippen LogP) is 2.93. The Bertz CT molecular complexity index is 306. The summed E-state index contributed by atoms with van der Waals surface area (Å²) in [6.45, 7) is 0. The molecular formula is C6H3F2I2NO. The first-order valence-corrected chi connectivity index (χ1v) is 5.00. The van der Waals surface area contributed by atoms with Gasteiger partial charge in [-0.25, -0.2) is 8.78 Å². The second-order valence-corrected chi connectivity index (χ2v) is 4.11. The Morgan fingerprint density at radius 3 is 2.42 bits per heavy atom. The zero-order valence-corrected chi connectivity index (χ0v) is 9.88. The highest BCUT2D eigenvalue weighted by Gasteiger charge is 2.17. The molecule has 0 bridgehead atoms. The number of hydrogen-bond acceptors (Lipinski definition) is 2. The summed E-state index contributed by atoms with van der Waals surface area (Å²) < 4.78 is 25.1. The van der Waals surface area contributed by atoms with E-state index < -0.39 is 6.43 Å². The predicted molar refractivity (Wildman–Crippen MR) is 56.3 cm³/mol. The third-order valence-electron chi connectivity index (χ3n) is 1.18. The lowest BCUT2D eigenvalue weighted by Crippen LogP contribution is -1.96. The molecule has 0 fully saturated rings. The lowest BCUT2D eigenvalue weighted by atomic mass is 10.3. The molecule has 0 atom stereocenters. The summed E-state index contributed by atoms with van der Waals surface area (Å²) in [6.07, 6.45) is -1.56. The number of aromatic nitrogens is 1. The summed E-state index contributed by atoms with van der Waals surface area (Å²) in [5.41, 5.74) is -0.280. The first-order chi connectivity index (χ1) is 5.54. The maximum Gasteiger partial charge on any atom is 0.281 e. The molecule has 0 spiro atoms. The number of halogens is 4. The van der Waals surface area contributed by atoms with E-state index in [-0.39, 0.29) is 11.4 Å². The van der Waals surface area contributed by atoms with Crippen LogP contribution in [0.3, 0.4) is 0 Å². The van der Waals surface area contributed by atoms with Crippen LogP contribution in [0.15, 0.2) is 6.20 Å². The normalized spacial score (nSPS) is 10.8. The quantitative estimate of drug-likeness (QED) is 0.740. The van der Waals surface area contributed by atoms with Crippen LogP contribution in [0.2, 0.25) is 0 Å². The van der Waals surface area contributed by atoms with Gasteiger partial charge in [0.1, 0.15) is 11.4 Å². The molecule has 1 heterocycles. The average Bonchev–Trinajstić information content (AvgIpc) is 2.00. The van der Waals surface area contributed by atoms with Crippen molar-refractivity contribution in [3.63, 3.8) is 0 Å². The van der Waals surface area contributed by atoms with Gasteiger partial charge < -0.3 is 5.11 Å². The smallest absolute Gasteiger partial charge is 0.281 e. The molecule has 0 aromatic carbocycles. The molecule has 1 rings (SSSR count). The molecule has 1 N–H and O–H groups in total. The second-order valence-electron chi connectivity index (χ2n) is 1.96. The zero-order chi connectivity index (χ0) is 9.30. The maximum absolute atomic E-state index is 12.2. The summed E-state index contributed by atoms with van der Waals surface area (Å²) in [7, 11) is 0. The van der Waals surface area contributed by atoms with Crippen LogP contribution >= 0.6 is 45.2 Å². The fourth-order valence-corrected chi connectivity index (χ4v) is 1.69.